The predicted molar refractivity (Wildman–Crippen MR) is 110 cm³/mol. The van der Waals surface area contributed by atoms with Crippen molar-refractivity contribution in [1.29, 1.82) is 0 Å². The van der Waals surface area contributed by atoms with Gasteiger partial charge in [-0.25, -0.2) is 4.79 Å². The highest BCUT2D eigenvalue weighted by atomic mass is 16.7. The molecule has 0 fully saturated rings. The number of aromatic amines is 1. The molecule has 2 heterocycles. The van der Waals surface area contributed by atoms with Gasteiger partial charge in [0.15, 0.2) is 11.5 Å². The molecule has 144 valence electrons. The number of hydrogen-bond donors (Lipinski definition) is 1. The smallest absolute Gasteiger partial charge is 0.339 e. The molecule has 0 spiro atoms. The lowest BCUT2D eigenvalue weighted by atomic mass is 9.98. The Morgan fingerprint density at radius 2 is 1.79 bits per heavy atom. The highest BCUT2D eigenvalue weighted by Crippen LogP contribution is 2.48. The molecule has 0 radical (unpaired) electrons. The Morgan fingerprint density at radius 3 is 2.62 bits per heavy atom. The van der Waals surface area contributed by atoms with E-state index >= 15 is 0 Å². The fourth-order valence-electron chi connectivity index (χ4n) is 3.89. The summed E-state index contributed by atoms with van der Waals surface area (Å²) in [5.41, 5.74) is 5.90. The molecular formula is C24H19NO4. The van der Waals surface area contributed by atoms with E-state index in [1.165, 1.54) is 0 Å². The van der Waals surface area contributed by atoms with Crippen LogP contribution in [0.1, 0.15) is 17.3 Å². The summed E-state index contributed by atoms with van der Waals surface area (Å²) in [5, 5.41) is 0. The van der Waals surface area contributed by atoms with E-state index in [2.05, 4.69) is 4.98 Å². The van der Waals surface area contributed by atoms with E-state index in [1.807, 2.05) is 73.8 Å². The van der Waals surface area contributed by atoms with Gasteiger partial charge in [0.2, 0.25) is 6.79 Å². The Bertz CT molecular complexity index is 1160. The lowest BCUT2D eigenvalue weighted by molar-refractivity contribution is 0.0528. The van der Waals surface area contributed by atoms with Gasteiger partial charge < -0.3 is 19.2 Å². The number of aromatic nitrogens is 1. The monoisotopic (exact) mass is 385 g/mol. The molecule has 1 aliphatic carbocycles. The molecule has 29 heavy (non-hydrogen) atoms. The second-order valence-electron chi connectivity index (χ2n) is 6.74. The number of nitrogens with one attached hydrogen (secondary N) is 1. The lowest BCUT2D eigenvalue weighted by Gasteiger charge is -2.09. The lowest BCUT2D eigenvalue weighted by Crippen LogP contribution is -2.06. The molecule has 5 nitrogen and oxygen atoms in total. The van der Waals surface area contributed by atoms with Crippen LogP contribution in [0.3, 0.4) is 0 Å². The molecule has 0 saturated carbocycles. The first-order valence-corrected chi connectivity index (χ1v) is 9.53. The maximum absolute atomic E-state index is 13.1. The summed E-state index contributed by atoms with van der Waals surface area (Å²) < 4.78 is 16.5. The summed E-state index contributed by atoms with van der Waals surface area (Å²) in [5.74, 6) is 1.03. The first-order chi connectivity index (χ1) is 14.3. The third kappa shape index (κ3) is 2.83. The van der Waals surface area contributed by atoms with Crippen LogP contribution in [-0.2, 0) is 4.74 Å². The average molecular weight is 385 g/mol. The zero-order valence-corrected chi connectivity index (χ0v) is 15.9. The summed E-state index contributed by atoms with van der Waals surface area (Å²) in [4.78, 5) is 16.5. The molecule has 2 aliphatic heterocycles. The number of carbonyl (C=O) groups is 1. The summed E-state index contributed by atoms with van der Waals surface area (Å²) in [7, 11) is 0. The Morgan fingerprint density at radius 1 is 0.966 bits per heavy atom. The van der Waals surface area contributed by atoms with Gasteiger partial charge in [0, 0.05) is 22.9 Å². The van der Waals surface area contributed by atoms with Crippen molar-refractivity contribution in [3.63, 3.8) is 0 Å². The maximum Gasteiger partial charge on any atom is 0.339 e. The maximum atomic E-state index is 13.1. The van der Waals surface area contributed by atoms with Crippen molar-refractivity contribution in [2.45, 2.75) is 6.92 Å². The van der Waals surface area contributed by atoms with E-state index in [4.69, 9.17) is 14.2 Å². The van der Waals surface area contributed by atoms with Crippen molar-refractivity contribution in [3.05, 3.63) is 72.4 Å². The number of pyridine rings is 1. The van der Waals surface area contributed by atoms with E-state index in [1.54, 1.807) is 0 Å². The summed E-state index contributed by atoms with van der Waals surface area (Å²) >= 11 is 0. The van der Waals surface area contributed by atoms with Gasteiger partial charge in [-0.05, 0) is 36.2 Å². The van der Waals surface area contributed by atoms with Gasteiger partial charge in [-0.2, -0.15) is 0 Å². The number of benzene rings is 2. The van der Waals surface area contributed by atoms with E-state index in [-0.39, 0.29) is 12.8 Å². The van der Waals surface area contributed by atoms with E-state index in [0.717, 1.165) is 33.5 Å². The Hall–Kier alpha value is -3.73. The van der Waals surface area contributed by atoms with Crippen molar-refractivity contribution in [1.82, 2.24) is 4.98 Å². The largest absolute Gasteiger partial charge is 0.462 e. The third-order valence-electron chi connectivity index (χ3n) is 5.08. The second-order valence-corrected chi connectivity index (χ2v) is 6.74. The quantitative estimate of drug-likeness (QED) is 0.481. The minimum Gasteiger partial charge on any atom is -0.462 e. The SMILES string of the molecule is CCOC(=O)c1c(-c2ccccc2)c2ccc[nH]c-2c1-c1ccc2c(c1)OCO2. The highest BCUT2D eigenvalue weighted by molar-refractivity contribution is 6.14. The standard InChI is InChI=1S/C24H19NO4/c1-2-27-24(26)22-20(15-7-4-3-5-8-15)17-9-6-12-25-23(17)21(22)16-10-11-18-19(13-16)29-14-28-18/h3-13,25H,2,14H2,1H3. The summed E-state index contributed by atoms with van der Waals surface area (Å²) in [6.07, 6.45) is 1.86. The average Bonchev–Trinajstić information content (AvgIpc) is 3.36. The van der Waals surface area contributed by atoms with Gasteiger partial charge in [-0.15, -0.1) is 0 Å². The normalized spacial score (nSPS) is 12.3. The Kier molecular flexibility index (Phi) is 4.21. The van der Waals surface area contributed by atoms with Gasteiger partial charge in [0.25, 0.3) is 0 Å². The van der Waals surface area contributed by atoms with Crippen molar-refractivity contribution < 1.29 is 19.0 Å². The van der Waals surface area contributed by atoms with Gasteiger partial charge in [0.1, 0.15) is 0 Å². The molecule has 0 bridgehead atoms. The van der Waals surface area contributed by atoms with Crippen LogP contribution in [0.4, 0.5) is 0 Å². The molecule has 5 rings (SSSR count). The van der Waals surface area contributed by atoms with Gasteiger partial charge in [-0.1, -0.05) is 42.5 Å². The molecule has 1 N–H and O–H groups in total. The van der Waals surface area contributed by atoms with E-state index in [0.29, 0.717) is 23.7 Å². The van der Waals surface area contributed by atoms with Crippen LogP contribution in [0.5, 0.6) is 11.5 Å². The van der Waals surface area contributed by atoms with Crippen LogP contribution in [0.2, 0.25) is 0 Å². The topological polar surface area (TPSA) is 60.6 Å². The number of fused-ring (bicyclic) bond motifs is 2. The zero-order valence-electron chi connectivity index (χ0n) is 15.9. The number of rotatable bonds is 4. The fraction of sp³-hybridized carbons (Fsp3) is 0.125. The first-order valence-electron chi connectivity index (χ1n) is 9.53. The summed E-state index contributed by atoms with van der Waals surface area (Å²) in [6, 6.07) is 19.6. The molecule has 0 unspecified atom stereocenters. The van der Waals surface area contributed by atoms with E-state index in [9.17, 15) is 4.79 Å². The van der Waals surface area contributed by atoms with Crippen LogP contribution in [0, 0.1) is 0 Å². The van der Waals surface area contributed by atoms with Crippen molar-refractivity contribution in [2.24, 2.45) is 0 Å². The van der Waals surface area contributed by atoms with Crippen LogP contribution in [0.15, 0.2) is 66.9 Å². The molecule has 5 heteroatoms. The van der Waals surface area contributed by atoms with Crippen molar-refractivity contribution in [2.75, 3.05) is 13.4 Å². The van der Waals surface area contributed by atoms with Gasteiger partial charge in [0.05, 0.1) is 17.9 Å². The third-order valence-corrected chi connectivity index (χ3v) is 5.08. The molecule has 0 aromatic heterocycles. The predicted octanol–water partition coefficient (Wildman–Crippen LogP) is 5.36. The molecule has 2 aromatic carbocycles. The molecule has 2 aromatic rings. The van der Waals surface area contributed by atoms with Gasteiger partial charge >= 0.3 is 5.97 Å². The number of ether oxygens (including phenoxy) is 3. The zero-order chi connectivity index (χ0) is 19.8. The Labute approximate surface area is 168 Å². The van der Waals surface area contributed by atoms with Crippen molar-refractivity contribution >= 4 is 5.97 Å². The number of esters is 1. The van der Waals surface area contributed by atoms with E-state index < -0.39 is 0 Å². The molecule has 0 atom stereocenters. The first kappa shape index (κ1) is 17.4. The molecular weight excluding hydrogens is 366 g/mol. The second kappa shape index (κ2) is 7.02. The minimum absolute atomic E-state index is 0.201. The number of hydrogen-bond acceptors (Lipinski definition) is 4. The molecule has 3 aliphatic rings. The molecule has 0 amide bonds. The highest BCUT2D eigenvalue weighted by Gasteiger charge is 2.31. The summed E-state index contributed by atoms with van der Waals surface area (Å²) in [6.45, 7) is 2.32. The van der Waals surface area contributed by atoms with Crippen molar-refractivity contribution in [3.8, 4) is 45.0 Å². The van der Waals surface area contributed by atoms with Gasteiger partial charge in [-0.3, -0.25) is 0 Å². The minimum atomic E-state index is -0.344. The van der Waals surface area contributed by atoms with Crippen LogP contribution in [-0.4, -0.2) is 24.4 Å². The fourth-order valence-corrected chi connectivity index (χ4v) is 3.89. The van der Waals surface area contributed by atoms with Crippen LogP contribution < -0.4 is 9.47 Å². The Balaban J connectivity index is 1.83. The van der Waals surface area contributed by atoms with Crippen LogP contribution >= 0.6 is 0 Å². The van der Waals surface area contributed by atoms with Crippen LogP contribution in [0.25, 0.3) is 33.5 Å². The molecule has 0 saturated heterocycles. The number of carbonyl (C=O) groups excluding carboxylic acids is 1. The number of H-pyrrole nitrogens is 1.